The number of hydrogen-bond donors (Lipinski definition) is 4. The minimum atomic E-state index is -0.311. The number of aryl methyl sites for hydroxylation is 3. The second kappa shape index (κ2) is 7.59. The Kier molecular flexibility index (Phi) is 5.06. The van der Waals surface area contributed by atoms with Crippen LogP contribution in [0.3, 0.4) is 0 Å². The summed E-state index contributed by atoms with van der Waals surface area (Å²) in [6, 6.07) is 5.39. The van der Waals surface area contributed by atoms with Crippen LogP contribution in [-0.4, -0.2) is 25.5 Å². The number of aromatic nitrogens is 3. The van der Waals surface area contributed by atoms with Crippen molar-refractivity contribution in [1.82, 2.24) is 19.9 Å². The van der Waals surface area contributed by atoms with Crippen LogP contribution in [0.2, 0.25) is 0 Å². The summed E-state index contributed by atoms with van der Waals surface area (Å²) in [5.74, 6) is 0.110. The molecule has 9 heteroatoms. The molecular weight excluding hydrogens is 412 g/mol. The first kappa shape index (κ1) is 20.7. The lowest BCUT2D eigenvalue weighted by molar-refractivity contribution is 0.0953. The van der Waals surface area contributed by atoms with Gasteiger partial charge in [0.15, 0.2) is 5.13 Å². The topological polar surface area (TPSA) is 132 Å². The van der Waals surface area contributed by atoms with E-state index in [0.29, 0.717) is 39.5 Å². The number of rotatable bonds is 4. The van der Waals surface area contributed by atoms with Crippen LogP contribution in [-0.2, 0) is 6.54 Å². The number of nitrogen functional groups attached to an aromatic ring is 2. The zero-order valence-electron chi connectivity index (χ0n) is 17.8. The molecule has 0 aliphatic carbocycles. The number of phenols is 1. The largest absolute Gasteiger partial charge is 0.508 e. The summed E-state index contributed by atoms with van der Waals surface area (Å²) in [6.45, 7) is 7.91. The van der Waals surface area contributed by atoms with Crippen molar-refractivity contribution in [3.8, 4) is 11.4 Å². The maximum absolute atomic E-state index is 13.2. The van der Waals surface area contributed by atoms with E-state index in [1.54, 1.807) is 16.8 Å². The van der Waals surface area contributed by atoms with Crippen molar-refractivity contribution in [2.24, 2.45) is 0 Å². The molecule has 0 unspecified atom stereocenters. The number of pyridine rings is 1. The summed E-state index contributed by atoms with van der Waals surface area (Å²) in [6.07, 6.45) is 1.64. The molecule has 1 aromatic carbocycles. The molecule has 0 fully saturated rings. The molecule has 8 nitrogen and oxygen atoms in total. The normalized spacial score (nSPS) is 11.2. The van der Waals surface area contributed by atoms with Crippen molar-refractivity contribution in [3.63, 3.8) is 0 Å². The lowest BCUT2D eigenvalue weighted by atomic mass is 10.1. The maximum Gasteiger partial charge on any atom is 0.256 e. The third-order valence-corrected chi connectivity index (χ3v) is 6.30. The van der Waals surface area contributed by atoms with Crippen molar-refractivity contribution in [1.29, 1.82) is 0 Å². The minimum Gasteiger partial charge on any atom is -0.508 e. The smallest absolute Gasteiger partial charge is 0.256 e. The van der Waals surface area contributed by atoms with Crippen molar-refractivity contribution < 1.29 is 9.90 Å². The van der Waals surface area contributed by atoms with Gasteiger partial charge in [-0.3, -0.25) is 9.36 Å². The van der Waals surface area contributed by atoms with E-state index >= 15 is 0 Å². The van der Waals surface area contributed by atoms with Crippen LogP contribution >= 0.6 is 11.3 Å². The molecule has 0 aliphatic rings. The number of phenolic OH excluding ortho intramolecular Hbond substituents is 1. The number of carbonyl (C=O) groups excluding carboxylic acids is 1. The molecule has 160 valence electrons. The number of hydrogen-bond acceptors (Lipinski definition) is 7. The van der Waals surface area contributed by atoms with E-state index in [4.69, 9.17) is 16.5 Å². The van der Waals surface area contributed by atoms with Crippen LogP contribution in [0.25, 0.3) is 16.7 Å². The Morgan fingerprint density at radius 3 is 2.61 bits per heavy atom. The predicted molar refractivity (Wildman–Crippen MR) is 124 cm³/mol. The van der Waals surface area contributed by atoms with Gasteiger partial charge < -0.3 is 21.9 Å². The molecule has 4 aromatic rings. The predicted octanol–water partition coefficient (Wildman–Crippen LogP) is 3.52. The van der Waals surface area contributed by atoms with E-state index < -0.39 is 0 Å². The molecule has 0 saturated carbocycles. The van der Waals surface area contributed by atoms with E-state index in [2.05, 4.69) is 10.3 Å². The standard InChI is InChI=1S/C22H24N6O2S/c1-10-5-6-16(29)12(3)18(10)28-19(23)17(15-7-11(2)13(4)27-20(15)28)21(30)25-8-14-9-26-22(24)31-14/h5-7,9,29H,8,23H2,1-4H3,(H2,24,26)(H,25,30). The van der Waals surface area contributed by atoms with Gasteiger partial charge in [0, 0.05) is 27.7 Å². The molecule has 31 heavy (non-hydrogen) atoms. The zero-order valence-corrected chi connectivity index (χ0v) is 18.6. The van der Waals surface area contributed by atoms with Crippen molar-refractivity contribution >= 4 is 39.2 Å². The third kappa shape index (κ3) is 3.46. The fraction of sp³-hybridized carbons (Fsp3) is 0.227. The average molecular weight is 437 g/mol. The van der Waals surface area contributed by atoms with Crippen molar-refractivity contribution in [3.05, 3.63) is 57.2 Å². The van der Waals surface area contributed by atoms with Crippen LogP contribution in [0.4, 0.5) is 10.9 Å². The molecular formula is C22H24N6O2S. The molecule has 4 rings (SSSR count). The van der Waals surface area contributed by atoms with Crippen LogP contribution in [0.15, 0.2) is 24.4 Å². The van der Waals surface area contributed by atoms with Gasteiger partial charge in [-0.2, -0.15) is 0 Å². The molecule has 3 aromatic heterocycles. The number of nitrogens with one attached hydrogen (secondary N) is 1. The Bertz CT molecular complexity index is 1340. The summed E-state index contributed by atoms with van der Waals surface area (Å²) >= 11 is 1.32. The average Bonchev–Trinajstić information content (AvgIpc) is 3.25. The van der Waals surface area contributed by atoms with Crippen LogP contribution < -0.4 is 16.8 Å². The number of carbonyl (C=O) groups is 1. The highest BCUT2D eigenvalue weighted by molar-refractivity contribution is 7.15. The maximum atomic E-state index is 13.2. The molecule has 3 heterocycles. The lowest BCUT2D eigenvalue weighted by Crippen LogP contribution is -2.23. The number of benzene rings is 1. The number of aromatic hydroxyl groups is 1. The molecule has 0 atom stereocenters. The summed E-state index contributed by atoms with van der Waals surface area (Å²) in [5.41, 5.74) is 17.2. The quantitative estimate of drug-likeness (QED) is 0.387. The van der Waals surface area contributed by atoms with Gasteiger partial charge in [0.25, 0.3) is 5.91 Å². The second-order valence-electron chi connectivity index (χ2n) is 7.58. The second-order valence-corrected chi connectivity index (χ2v) is 8.73. The summed E-state index contributed by atoms with van der Waals surface area (Å²) in [4.78, 5) is 22.8. The molecule has 1 amide bonds. The van der Waals surface area contributed by atoms with Crippen LogP contribution in [0, 0.1) is 27.7 Å². The van der Waals surface area contributed by atoms with Gasteiger partial charge >= 0.3 is 0 Å². The third-order valence-electron chi connectivity index (χ3n) is 5.47. The number of amides is 1. The number of thiazole rings is 1. The molecule has 6 N–H and O–H groups in total. The number of anilines is 2. The summed E-state index contributed by atoms with van der Waals surface area (Å²) in [7, 11) is 0. The van der Waals surface area contributed by atoms with Crippen LogP contribution in [0.1, 0.15) is 37.6 Å². The Morgan fingerprint density at radius 1 is 1.19 bits per heavy atom. The number of nitrogens with zero attached hydrogens (tertiary/aromatic N) is 3. The van der Waals surface area contributed by atoms with E-state index in [1.807, 2.05) is 39.8 Å². The highest BCUT2D eigenvalue weighted by Crippen LogP contribution is 2.36. The highest BCUT2D eigenvalue weighted by Gasteiger charge is 2.25. The number of nitrogens with two attached hydrogens (primary N) is 2. The van der Waals surface area contributed by atoms with Gasteiger partial charge in [-0.15, -0.1) is 11.3 Å². The molecule has 0 spiro atoms. The number of fused-ring (bicyclic) bond motifs is 1. The first-order valence-electron chi connectivity index (χ1n) is 9.75. The van der Waals surface area contributed by atoms with E-state index in [0.717, 1.165) is 21.7 Å². The molecule has 0 radical (unpaired) electrons. The van der Waals surface area contributed by atoms with Crippen molar-refractivity contribution in [2.45, 2.75) is 34.2 Å². The van der Waals surface area contributed by atoms with Gasteiger partial charge in [-0.1, -0.05) is 6.07 Å². The van der Waals surface area contributed by atoms with E-state index in [1.165, 1.54) is 11.3 Å². The fourth-order valence-electron chi connectivity index (χ4n) is 3.71. The molecule has 0 aliphatic heterocycles. The first-order chi connectivity index (χ1) is 14.7. The lowest BCUT2D eigenvalue weighted by Gasteiger charge is -2.15. The van der Waals surface area contributed by atoms with Gasteiger partial charge in [-0.25, -0.2) is 9.97 Å². The monoisotopic (exact) mass is 436 g/mol. The Hall–Kier alpha value is -3.59. The Balaban J connectivity index is 1.91. The fourth-order valence-corrected chi connectivity index (χ4v) is 4.33. The van der Waals surface area contributed by atoms with Crippen LogP contribution in [0.5, 0.6) is 5.75 Å². The van der Waals surface area contributed by atoms with Gasteiger partial charge in [-0.05, 0) is 51.0 Å². The summed E-state index contributed by atoms with van der Waals surface area (Å²) in [5, 5.41) is 14.3. The summed E-state index contributed by atoms with van der Waals surface area (Å²) < 4.78 is 1.76. The zero-order chi connectivity index (χ0) is 22.4. The first-order valence-corrected chi connectivity index (χ1v) is 10.6. The van der Waals surface area contributed by atoms with E-state index in [-0.39, 0.29) is 17.5 Å². The van der Waals surface area contributed by atoms with Gasteiger partial charge in [0.05, 0.1) is 17.8 Å². The van der Waals surface area contributed by atoms with Crippen molar-refractivity contribution in [2.75, 3.05) is 11.5 Å². The van der Waals surface area contributed by atoms with E-state index in [9.17, 15) is 9.90 Å². The SMILES string of the molecule is Cc1cc2c(C(=O)NCc3cnc(N)s3)c(N)n(-c3c(C)ccc(O)c3C)c2nc1C. The highest BCUT2D eigenvalue weighted by atomic mass is 32.1. The Labute approximate surface area is 183 Å². The molecule has 0 bridgehead atoms. The minimum absolute atomic E-state index is 0.152. The van der Waals surface area contributed by atoms with Gasteiger partial charge in [0.1, 0.15) is 17.2 Å². The van der Waals surface area contributed by atoms with Gasteiger partial charge in [0.2, 0.25) is 0 Å². The molecule has 0 saturated heterocycles. The Morgan fingerprint density at radius 2 is 1.94 bits per heavy atom.